The fraction of sp³-hybridized carbons (Fsp3) is 0.364. The average Bonchev–Trinajstić information content (AvgIpc) is 2.73. The van der Waals surface area contributed by atoms with E-state index in [1.807, 2.05) is 38.2 Å². The molecular weight excluding hydrogens is 364 g/mol. The molecule has 4 heterocycles. The molecule has 1 N–H and O–H groups in total. The number of hydrogen-bond donors (Lipinski definition) is 1. The third-order valence-corrected chi connectivity index (χ3v) is 5.47. The lowest BCUT2D eigenvalue weighted by atomic mass is 10.1. The zero-order valence-corrected chi connectivity index (χ0v) is 16.8. The van der Waals surface area contributed by atoms with Gasteiger partial charge in [-0.25, -0.2) is 0 Å². The Hall–Kier alpha value is -3.24. The van der Waals surface area contributed by atoms with Gasteiger partial charge in [-0.05, 0) is 37.1 Å². The molecule has 0 bridgehead atoms. The molecule has 1 aliphatic rings. The Bertz CT molecular complexity index is 1140. The van der Waals surface area contributed by atoms with Crippen molar-refractivity contribution in [3.05, 3.63) is 63.3 Å². The van der Waals surface area contributed by atoms with Crippen LogP contribution in [-0.2, 0) is 13.0 Å². The highest BCUT2D eigenvalue weighted by atomic mass is 16.1. The van der Waals surface area contributed by atoms with Crippen LogP contribution in [0.25, 0.3) is 11.0 Å². The Morgan fingerprint density at radius 3 is 2.66 bits per heavy atom. The Morgan fingerprint density at radius 2 is 1.93 bits per heavy atom. The molecule has 0 saturated carbocycles. The van der Waals surface area contributed by atoms with Gasteiger partial charge in [0.2, 0.25) is 0 Å². The van der Waals surface area contributed by atoms with E-state index in [9.17, 15) is 10.1 Å². The van der Waals surface area contributed by atoms with Gasteiger partial charge < -0.3 is 9.88 Å². The number of aromatic nitrogens is 3. The van der Waals surface area contributed by atoms with E-state index in [2.05, 4.69) is 30.8 Å². The summed E-state index contributed by atoms with van der Waals surface area (Å²) in [5.74, 6) is 0. The van der Waals surface area contributed by atoms with Gasteiger partial charge in [-0.2, -0.15) is 5.26 Å². The first kappa shape index (κ1) is 19.1. The number of anilines is 1. The van der Waals surface area contributed by atoms with E-state index in [1.165, 1.54) is 0 Å². The highest BCUT2D eigenvalue weighted by Crippen LogP contribution is 2.22. The summed E-state index contributed by atoms with van der Waals surface area (Å²) in [5.41, 5.74) is 5.87. The van der Waals surface area contributed by atoms with E-state index in [0.717, 1.165) is 66.3 Å². The largest absolute Gasteiger partial charge is 0.367 e. The van der Waals surface area contributed by atoms with Crippen LogP contribution in [0.15, 0.2) is 35.4 Å². The first-order chi connectivity index (χ1) is 14.1. The predicted molar refractivity (Wildman–Crippen MR) is 113 cm³/mol. The van der Waals surface area contributed by atoms with Gasteiger partial charge in [0.25, 0.3) is 5.56 Å². The minimum absolute atomic E-state index is 0.0347. The van der Waals surface area contributed by atoms with Crippen molar-refractivity contribution in [2.75, 3.05) is 31.1 Å². The zero-order valence-electron chi connectivity index (χ0n) is 16.8. The summed E-state index contributed by atoms with van der Waals surface area (Å²) in [6.45, 7) is 8.12. The number of rotatable bonds is 4. The molecule has 4 rings (SSSR count). The number of nitrogens with zero attached hydrogens (tertiary/aromatic N) is 5. The summed E-state index contributed by atoms with van der Waals surface area (Å²) in [5, 5.41) is 9.41. The van der Waals surface area contributed by atoms with E-state index < -0.39 is 0 Å². The van der Waals surface area contributed by atoms with Crippen molar-refractivity contribution in [2.45, 2.75) is 26.8 Å². The standard InChI is InChI=1S/C22H24N6O/c1-3-17-10-19-20(26-22(17)29)9-16(12-25-19)14-27-4-6-28(7-5-27)21-13-24-15(2)8-18(21)11-23/h8-10,12-13H,3-7,14H2,1-2H3,(H,26,29). The van der Waals surface area contributed by atoms with Crippen molar-refractivity contribution >= 4 is 16.7 Å². The Labute approximate surface area is 169 Å². The highest BCUT2D eigenvalue weighted by molar-refractivity contribution is 5.74. The SMILES string of the molecule is CCc1cc2ncc(CN3CCN(c4cnc(C)cc4C#N)CC3)cc2[nH]c1=O. The van der Waals surface area contributed by atoms with Gasteiger partial charge in [0, 0.05) is 50.2 Å². The molecule has 0 aromatic carbocycles. The van der Waals surface area contributed by atoms with Crippen LogP contribution in [0.4, 0.5) is 5.69 Å². The van der Waals surface area contributed by atoms with Gasteiger partial charge in [0.15, 0.2) is 0 Å². The van der Waals surface area contributed by atoms with E-state index in [-0.39, 0.29) is 5.56 Å². The summed E-state index contributed by atoms with van der Waals surface area (Å²) in [7, 11) is 0. The molecule has 3 aromatic rings. The van der Waals surface area contributed by atoms with Crippen molar-refractivity contribution in [3.63, 3.8) is 0 Å². The first-order valence-corrected chi connectivity index (χ1v) is 9.92. The topological polar surface area (TPSA) is 88.9 Å². The predicted octanol–water partition coefficient (Wildman–Crippen LogP) is 2.38. The molecule has 7 heteroatoms. The molecule has 7 nitrogen and oxygen atoms in total. The zero-order chi connectivity index (χ0) is 20.4. The number of H-pyrrole nitrogens is 1. The van der Waals surface area contributed by atoms with Gasteiger partial charge in [-0.1, -0.05) is 6.92 Å². The van der Waals surface area contributed by atoms with Crippen molar-refractivity contribution in [3.8, 4) is 6.07 Å². The fourth-order valence-corrected chi connectivity index (χ4v) is 3.82. The van der Waals surface area contributed by atoms with Gasteiger partial charge in [-0.3, -0.25) is 19.7 Å². The lowest BCUT2D eigenvalue weighted by Gasteiger charge is -2.36. The molecule has 3 aromatic heterocycles. The molecule has 1 saturated heterocycles. The number of piperazine rings is 1. The van der Waals surface area contributed by atoms with Gasteiger partial charge in [-0.15, -0.1) is 0 Å². The Morgan fingerprint density at radius 1 is 1.14 bits per heavy atom. The summed E-state index contributed by atoms with van der Waals surface area (Å²) in [6.07, 6.45) is 4.39. The van der Waals surface area contributed by atoms with Crippen LogP contribution in [0.3, 0.4) is 0 Å². The maximum atomic E-state index is 12.1. The molecule has 0 aliphatic carbocycles. The molecule has 1 fully saturated rings. The van der Waals surface area contributed by atoms with E-state index in [1.54, 1.807) is 6.20 Å². The summed E-state index contributed by atoms with van der Waals surface area (Å²) in [4.78, 5) is 28.5. The van der Waals surface area contributed by atoms with Crippen molar-refractivity contribution in [2.24, 2.45) is 0 Å². The van der Waals surface area contributed by atoms with Crippen LogP contribution in [0.1, 0.15) is 29.3 Å². The molecule has 1 aliphatic heterocycles. The van der Waals surface area contributed by atoms with Gasteiger partial charge in [0.1, 0.15) is 6.07 Å². The van der Waals surface area contributed by atoms with Crippen LogP contribution in [0.2, 0.25) is 0 Å². The Balaban J connectivity index is 1.45. The highest BCUT2D eigenvalue weighted by Gasteiger charge is 2.20. The maximum absolute atomic E-state index is 12.1. The maximum Gasteiger partial charge on any atom is 0.251 e. The minimum Gasteiger partial charge on any atom is -0.367 e. The fourth-order valence-electron chi connectivity index (χ4n) is 3.82. The second-order valence-electron chi connectivity index (χ2n) is 7.47. The van der Waals surface area contributed by atoms with Crippen LogP contribution in [-0.4, -0.2) is 46.0 Å². The summed E-state index contributed by atoms with van der Waals surface area (Å²) < 4.78 is 0. The molecular formula is C22H24N6O. The van der Waals surface area contributed by atoms with E-state index in [0.29, 0.717) is 12.0 Å². The number of aromatic amines is 1. The minimum atomic E-state index is -0.0347. The number of pyridine rings is 3. The van der Waals surface area contributed by atoms with Crippen molar-refractivity contribution in [1.29, 1.82) is 5.26 Å². The molecule has 29 heavy (non-hydrogen) atoms. The lowest BCUT2D eigenvalue weighted by molar-refractivity contribution is 0.249. The molecule has 0 amide bonds. The lowest BCUT2D eigenvalue weighted by Crippen LogP contribution is -2.46. The Kier molecular flexibility index (Phi) is 5.28. The van der Waals surface area contributed by atoms with E-state index in [4.69, 9.17) is 0 Å². The number of aryl methyl sites for hydroxylation is 2. The number of hydrogen-bond acceptors (Lipinski definition) is 6. The molecule has 0 unspecified atom stereocenters. The smallest absolute Gasteiger partial charge is 0.251 e. The third-order valence-electron chi connectivity index (χ3n) is 5.47. The quantitative estimate of drug-likeness (QED) is 0.738. The second kappa shape index (κ2) is 8.02. The van der Waals surface area contributed by atoms with Gasteiger partial charge >= 0.3 is 0 Å². The summed E-state index contributed by atoms with van der Waals surface area (Å²) >= 11 is 0. The van der Waals surface area contributed by atoms with E-state index >= 15 is 0 Å². The number of fused-ring (bicyclic) bond motifs is 1. The van der Waals surface area contributed by atoms with Crippen LogP contribution in [0, 0.1) is 18.3 Å². The van der Waals surface area contributed by atoms with Crippen LogP contribution >= 0.6 is 0 Å². The molecule has 148 valence electrons. The molecule has 0 spiro atoms. The summed E-state index contributed by atoms with van der Waals surface area (Å²) in [6, 6.07) is 8.02. The number of nitrogens with one attached hydrogen (secondary N) is 1. The first-order valence-electron chi connectivity index (χ1n) is 9.92. The molecule has 0 radical (unpaired) electrons. The average molecular weight is 388 g/mol. The molecule has 0 atom stereocenters. The number of nitriles is 1. The van der Waals surface area contributed by atoms with Crippen molar-refractivity contribution in [1.82, 2.24) is 19.9 Å². The van der Waals surface area contributed by atoms with Crippen LogP contribution < -0.4 is 10.5 Å². The monoisotopic (exact) mass is 388 g/mol. The normalized spacial score (nSPS) is 14.9. The van der Waals surface area contributed by atoms with Crippen molar-refractivity contribution < 1.29 is 0 Å². The van der Waals surface area contributed by atoms with Gasteiger partial charge in [0.05, 0.1) is 28.5 Å². The second-order valence-corrected chi connectivity index (χ2v) is 7.47. The van der Waals surface area contributed by atoms with Crippen LogP contribution in [0.5, 0.6) is 0 Å². The third kappa shape index (κ3) is 3.98.